The number of aromatic nitrogens is 2. The number of hydrogen-bond donors (Lipinski definition) is 2. The number of carboxylic acid groups (broad SMARTS) is 1. The van der Waals surface area contributed by atoms with E-state index in [0.29, 0.717) is 17.9 Å². The Balaban J connectivity index is 1.31. The Labute approximate surface area is 221 Å². The maximum atomic E-state index is 13.1. The van der Waals surface area contributed by atoms with E-state index in [-0.39, 0.29) is 27.8 Å². The molecule has 5 aliphatic heterocycles. The van der Waals surface area contributed by atoms with E-state index in [9.17, 15) is 19.5 Å². The van der Waals surface area contributed by atoms with Crippen LogP contribution in [0, 0.1) is 5.41 Å². The lowest BCUT2D eigenvalue weighted by Gasteiger charge is -2.56. The predicted octanol–water partition coefficient (Wildman–Crippen LogP) is -1.48. The molecular weight excluding hydrogens is 522 g/mol. The van der Waals surface area contributed by atoms with Gasteiger partial charge < -0.3 is 35.0 Å². The number of β-lactam (4-membered cyclic amide) rings is 1. The van der Waals surface area contributed by atoms with Gasteiger partial charge >= 0.3 is 0 Å². The third-order valence-electron chi connectivity index (χ3n) is 7.90. The van der Waals surface area contributed by atoms with Gasteiger partial charge in [-0.25, -0.2) is 0 Å². The quantitative estimate of drug-likeness (QED) is 0.160. The number of nitrogens with two attached hydrogens (primary N) is 1. The molecule has 0 radical (unpaired) electrons. The first-order chi connectivity index (χ1) is 17.7. The number of aliphatic carboxylic acids is 1. The summed E-state index contributed by atoms with van der Waals surface area (Å²) >= 11 is 2.32. The highest BCUT2D eigenvalue weighted by Gasteiger charge is 2.55. The smallest absolute Gasteiger partial charge is 0.278 e. The summed E-state index contributed by atoms with van der Waals surface area (Å²) < 4.78 is 10.3. The van der Waals surface area contributed by atoms with Crippen LogP contribution >= 0.6 is 23.3 Å². The molecule has 1 aromatic heterocycles. The summed E-state index contributed by atoms with van der Waals surface area (Å²) in [7, 11) is 3.01. The van der Waals surface area contributed by atoms with Gasteiger partial charge in [-0.15, -0.1) is 11.8 Å². The van der Waals surface area contributed by atoms with Gasteiger partial charge in [-0.1, -0.05) is 5.16 Å². The molecule has 200 valence electrons. The van der Waals surface area contributed by atoms with E-state index in [1.54, 1.807) is 7.11 Å². The number of fused-ring (bicyclic) bond motifs is 4. The van der Waals surface area contributed by atoms with Gasteiger partial charge in [0, 0.05) is 54.6 Å². The number of carbonyl (C=O) groups is 3. The standard InChI is InChI=1S/C22H29N7O6S2/c1-34-11-22-3-6-29(7-4-22,8-5-22)9-12-10-36-19-14(18(31)28(19)15(12)20(32)33)24-17(30)13(26-35-2)16-25-21(23)37-27-16/h14,19H,3-11H2,1-2H3,(H3-,23,24,25,27,30,32,33)/b26-13-/t14-,19-,22?,29?/m1/s1. The number of nitrogen functional groups attached to an aromatic ring is 1. The van der Waals surface area contributed by atoms with E-state index in [2.05, 4.69) is 19.8 Å². The molecule has 2 bridgehead atoms. The fourth-order valence-corrected chi connectivity index (χ4v) is 7.68. The van der Waals surface area contributed by atoms with Crippen molar-refractivity contribution < 1.29 is 33.5 Å². The van der Waals surface area contributed by atoms with E-state index in [1.807, 2.05) is 0 Å². The largest absolute Gasteiger partial charge is 0.543 e. The molecule has 4 fully saturated rings. The Hall–Kier alpha value is -2.75. The minimum Gasteiger partial charge on any atom is -0.543 e. The molecule has 2 amide bonds. The number of quaternary nitrogens is 1. The number of ether oxygens (including phenoxy) is 1. The molecule has 6 heterocycles. The molecule has 15 heteroatoms. The first kappa shape index (κ1) is 25.9. The minimum atomic E-state index is -1.37. The van der Waals surface area contributed by atoms with Crippen LogP contribution in [0.4, 0.5) is 5.13 Å². The molecule has 1 aromatic rings. The van der Waals surface area contributed by atoms with Gasteiger partial charge in [-0.05, 0) is 0 Å². The summed E-state index contributed by atoms with van der Waals surface area (Å²) in [4.78, 5) is 48.2. The number of thioether (sulfide) groups is 1. The van der Waals surface area contributed by atoms with E-state index in [1.165, 1.54) is 23.8 Å². The summed E-state index contributed by atoms with van der Waals surface area (Å²) in [6.07, 6.45) is 3.14. The van der Waals surface area contributed by atoms with Gasteiger partial charge in [0.2, 0.25) is 11.5 Å². The second-order valence-corrected chi connectivity index (χ2v) is 11.9. The predicted molar refractivity (Wildman–Crippen MR) is 133 cm³/mol. The van der Waals surface area contributed by atoms with E-state index < -0.39 is 29.2 Å². The fourth-order valence-electron chi connectivity index (χ4n) is 5.91. The average Bonchev–Trinajstić information content (AvgIpc) is 3.32. The molecule has 0 saturated carbocycles. The van der Waals surface area contributed by atoms with Crippen molar-refractivity contribution in [1.82, 2.24) is 19.6 Å². The molecule has 13 nitrogen and oxygen atoms in total. The minimum absolute atomic E-state index is 0.0223. The Morgan fingerprint density at radius 3 is 2.57 bits per heavy atom. The zero-order valence-electron chi connectivity index (χ0n) is 20.6. The highest BCUT2D eigenvalue weighted by molar-refractivity contribution is 8.00. The second kappa shape index (κ2) is 9.85. The molecule has 6 rings (SSSR count). The SMILES string of the molecule is COCC12CC[N+](CC3=C(C(=O)[O-])N4C(=O)[C@@H](NC(=O)/C(=N\OC)c5nsc(N)n5)[C@H]4SC3)(CC1)CC2. The maximum absolute atomic E-state index is 13.1. The van der Waals surface area contributed by atoms with Crippen LogP contribution in [0.3, 0.4) is 0 Å². The summed E-state index contributed by atoms with van der Waals surface area (Å²) in [6, 6.07) is -0.932. The first-order valence-electron chi connectivity index (χ1n) is 12.0. The lowest BCUT2D eigenvalue weighted by Crippen LogP contribution is -2.72. The Kier molecular flexibility index (Phi) is 6.89. The van der Waals surface area contributed by atoms with Gasteiger partial charge in [0.25, 0.3) is 11.8 Å². The molecule has 0 unspecified atom stereocenters. The van der Waals surface area contributed by atoms with Crippen LogP contribution in [0.1, 0.15) is 25.1 Å². The number of piperidine rings is 3. The number of carboxylic acids is 1. The number of rotatable bonds is 9. The first-order valence-corrected chi connectivity index (χ1v) is 13.8. The van der Waals surface area contributed by atoms with Crippen LogP contribution in [0.5, 0.6) is 0 Å². The van der Waals surface area contributed by atoms with Gasteiger partial charge in [0.1, 0.15) is 25.1 Å². The molecule has 0 aliphatic carbocycles. The number of nitrogens with zero attached hydrogens (tertiary/aromatic N) is 5. The average molecular weight is 552 g/mol. The number of oxime groups is 1. The summed E-state index contributed by atoms with van der Waals surface area (Å²) in [5.41, 5.74) is 6.26. The number of carbonyl (C=O) groups excluding carboxylic acids is 3. The highest BCUT2D eigenvalue weighted by Crippen LogP contribution is 2.46. The van der Waals surface area contributed by atoms with Crippen molar-refractivity contribution in [3.05, 3.63) is 17.1 Å². The van der Waals surface area contributed by atoms with Crippen molar-refractivity contribution in [1.29, 1.82) is 0 Å². The Bertz CT molecular complexity index is 1160. The molecular formula is C22H29N7O6S2. The second-order valence-electron chi connectivity index (χ2n) is 10.0. The number of amides is 2. The van der Waals surface area contributed by atoms with Gasteiger partial charge in [0.05, 0.1) is 37.9 Å². The van der Waals surface area contributed by atoms with E-state index in [4.69, 9.17) is 15.3 Å². The van der Waals surface area contributed by atoms with Crippen LogP contribution in [0.25, 0.3) is 0 Å². The third kappa shape index (κ3) is 4.57. The van der Waals surface area contributed by atoms with Crippen molar-refractivity contribution in [2.24, 2.45) is 10.6 Å². The molecule has 5 aliphatic rings. The number of anilines is 1. The van der Waals surface area contributed by atoms with E-state index >= 15 is 0 Å². The van der Waals surface area contributed by atoms with Crippen LogP contribution in [0.15, 0.2) is 16.4 Å². The monoisotopic (exact) mass is 551 g/mol. The van der Waals surface area contributed by atoms with Crippen molar-refractivity contribution >= 4 is 51.9 Å². The lowest BCUT2D eigenvalue weighted by atomic mass is 9.71. The van der Waals surface area contributed by atoms with Gasteiger partial charge in [0.15, 0.2) is 5.13 Å². The fraction of sp³-hybridized carbons (Fsp3) is 0.636. The van der Waals surface area contributed by atoms with Crippen LogP contribution in [-0.4, -0.2) is 106 Å². The summed E-state index contributed by atoms with van der Waals surface area (Å²) in [5.74, 6) is -2.19. The molecule has 0 spiro atoms. The topological polar surface area (TPSA) is 172 Å². The van der Waals surface area contributed by atoms with Crippen LogP contribution in [0.2, 0.25) is 0 Å². The number of methoxy groups -OCH3 is 1. The van der Waals surface area contributed by atoms with Crippen LogP contribution < -0.4 is 16.2 Å². The zero-order valence-corrected chi connectivity index (χ0v) is 22.2. The number of hydrogen-bond acceptors (Lipinski definition) is 12. The lowest BCUT2D eigenvalue weighted by molar-refractivity contribution is -0.941. The van der Waals surface area contributed by atoms with Crippen LogP contribution in [-0.2, 0) is 24.0 Å². The summed E-state index contributed by atoms with van der Waals surface area (Å²) in [6.45, 7) is 4.23. The van der Waals surface area contributed by atoms with Gasteiger partial charge in [-0.2, -0.15) is 9.36 Å². The molecule has 37 heavy (non-hydrogen) atoms. The van der Waals surface area contributed by atoms with Crippen molar-refractivity contribution in [3.8, 4) is 0 Å². The zero-order chi connectivity index (χ0) is 26.4. The van der Waals surface area contributed by atoms with E-state index in [0.717, 1.165) is 61.5 Å². The molecule has 4 saturated heterocycles. The molecule has 0 aromatic carbocycles. The summed E-state index contributed by atoms with van der Waals surface area (Å²) in [5, 5.41) is 18.1. The number of nitrogens with one attached hydrogen (secondary N) is 1. The normalized spacial score (nSPS) is 31.1. The Morgan fingerprint density at radius 2 is 2.00 bits per heavy atom. The van der Waals surface area contributed by atoms with Crippen molar-refractivity contribution in [2.45, 2.75) is 30.7 Å². The maximum Gasteiger partial charge on any atom is 0.278 e. The van der Waals surface area contributed by atoms with Crippen molar-refractivity contribution in [3.63, 3.8) is 0 Å². The third-order valence-corrected chi connectivity index (χ3v) is 9.79. The van der Waals surface area contributed by atoms with Crippen molar-refractivity contribution in [2.75, 3.05) is 58.5 Å². The molecule has 3 N–H and O–H groups in total. The van der Waals surface area contributed by atoms with Gasteiger partial charge in [-0.3, -0.25) is 14.5 Å². The Morgan fingerprint density at radius 1 is 1.30 bits per heavy atom. The molecule has 2 atom stereocenters. The highest BCUT2D eigenvalue weighted by atomic mass is 32.2.